The molecule has 8 rings (SSSR count). The molecule has 24 heteroatoms. The molecule has 5 aliphatic rings. The van der Waals surface area contributed by atoms with E-state index in [9.17, 15) is 43.5 Å². The third-order valence-corrected chi connectivity index (χ3v) is 15.6. The third-order valence-electron chi connectivity index (χ3n) is 15.6. The van der Waals surface area contributed by atoms with E-state index >= 15 is 0 Å². The summed E-state index contributed by atoms with van der Waals surface area (Å²) in [6.07, 6.45) is 0.137. The first-order valence-corrected chi connectivity index (χ1v) is 27.2. The van der Waals surface area contributed by atoms with Crippen LogP contribution < -0.4 is 38.1 Å². The molecule has 1 saturated heterocycles. The molecule has 0 radical (unpaired) electrons. The Bertz CT molecular complexity index is 3050. The second-order valence-corrected chi connectivity index (χ2v) is 21.0. The van der Waals surface area contributed by atoms with Crippen LogP contribution >= 0.6 is 0 Å². The van der Waals surface area contributed by atoms with Crippen molar-refractivity contribution in [2.45, 2.75) is 122 Å². The normalized spacial score (nSPS) is 23.8. The predicted octanol–water partition coefficient (Wildman–Crippen LogP) is 1.91. The van der Waals surface area contributed by atoms with Gasteiger partial charge >= 0.3 is 11.9 Å². The predicted molar refractivity (Wildman–Crippen MR) is 295 cm³/mol. The van der Waals surface area contributed by atoms with Gasteiger partial charge in [0.25, 0.3) is 5.91 Å². The van der Waals surface area contributed by atoms with Gasteiger partial charge in [-0.25, -0.2) is 0 Å². The van der Waals surface area contributed by atoms with E-state index in [1.54, 1.807) is 0 Å². The number of nitrogens with two attached hydrogens (primary N) is 2. The van der Waals surface area contributed by atoms with Gasteiger partial charge in [0.15, 0.2) is 11.7 Å². The van der Waals surface area contributed by atoms with E-state index in [-0.39, 0.29) is 67.9 Å². The number of aryl methyl sites for hydroxylation is 2. The topological polar surface area (TPSA) is 354 Å². The average Bonchev–Trinajstić information content (AvgIpc) is 4.33. The van der Waals surface area contributed by atoms with Crippen molar-refractivity contribution in [3.05, 3.63) is 68.8 Å². The lowest BCUT2D eigenvalue weighted by Gasteiger charge is -2.34. The van der Waals surface area contributed by atoms with Crippen molar-refractivity contribution in [3.8, 4) is 0 Å². The largest absolute Gasteiger partial charge is 0.481 e. The van der Waals surface area contributed by atoms with Crippen LogP contribution in [-0.4, -0.2) is 173 Å². The van der Waals surface area contributed by atoms with Gasteiger partial charge in [-0.05, 0) is 82.3 Å². The number of hydrogen-bond acceptors (Lipinski definition) is 14. The number of nitrogens with zero attached hydrogens (tertiary/aromatic N) is 5. The number of nitrogens with one attached hydrogen (secondary N) is 7. The van der Waals surface area contributed by atoms with Crippen LogP contribution in [0.2, 0.25) is 0 Å². The number of aliphatic carboxylic acids is 1. The summed E-state index contributed by atoms with van der Waals surface area (Å²) in [5.74, 6) is -7.04. The molecule has 79 heavy (non-hydrogen) atoms. The van der Waals surface area contributed by atoms with Crippen molar-refractivity contribution in [1.29, 1.82) is 0 Å². The Morgan fingerprint density at radius 3 is 2.10 bits per heavy atom. The Labute approximate surface area is 458 Å². The van der Waals surface area contributed by atoms with Gasteiger partial charge in [-0.1, -0.05) is 20.8 Å². The zero-order valence-corrected chi connectivity index (χ0v) is 46.2. The summed E-state index contributed by atoms with van der Waals surface area (Å²) in [7, 11) is 1.26. The first-order chi connectivity index (χ1) is 37.7. The van der Waals surface area contributed by atoms with Crippen molar-refractivity contribution in [1.82, 2.24) is 56.3 Å². The number of rotatable bonds is 10. The summed E-state index contributed by atoms with van der Waals surface area (Å²) < 4.78 is 5.31. The van der Waals surface area contributed by atoms with Crippen LogP contribution in [0.5, 0.6) is 0 Å². The minimum atomic E-state index is -1.44. The average molecular weight is 1090 g/mol. The van der Waals surface area contributed by atoms with Crippen molar-refractivity contribution in [3.63, 3.8) is 0 Å². The summed E-state index contributed by atoms with van der Waals surface area (Å²) in [5, 5.41) is 23.3. The van der Waals surface area contributed by atoms with Crippen molar-refractivity contribution in [2.24, 2.45) is 16.5 Å². The highest BCUT2D eigenvalue weighted by Gasteiger charge is 2.37. The molecule has 6 unspecified atom stereocenters. The van der Waals surface area contributed by atoms with Crippen LogP contribution in [0.25, 0.3) is 22.1 Å². The van der Waals surface area contributed by atoms with Gasteiger partial charge < -0.3 is 62.8 Å². The van der Waals surface area contributed by atoms with Crippen molar-refractivity contribution < 1.29 is 48.2 Å². The summed E-state index contributed by atoms with van der Waals surface area (Å²) in [5.41, 5.74) is 17.9. The van der Waals surface area contributed by atoms with Gasteiger partial charge in [0.1, 0.15) is 12.1 Å². The number of Topliss-reactive ketones (excluding diaryl/α,β-unsaturated/α-hetero) is 1. The molecule has 0 saturated carbocycles. The molecule has 5 aliphatic heterocycles. The lowest BCUT2D eigenvalue weighted by atomic mass is 9.85. The number of guanidine groups is 1. The molecule has 5 amide bonds. The quantitative estimate of drug-likeness (QED) is 0.0346. The Hall–Kier alpha value is -7.73. The highest BCUT2D eigenvalue weighted by Crippen LogP contribution is 2.43. The van der Waals surface area contributed by atoms with Gasteiger partial charge in [-0.2, -0.15) is 0 Å². The zero-order valence-electron chi connectivity index (χ0n) is 46.2. The molecule has 3 aromatic heterocycles. The maximum absolute atomic E-state index is 14.9. The second-order valence-electron chi connectivity index (χ2n) is 21.0. The lowest BCUT2D eigenvalue weighted by Crippen LogP contribution is -2.53. The molecule has 6 atom stereocenters. The highest BCUT2D eigenvalue weighted by molar-refractivity contribution is 6.07. The summed E-state index contributed by atoms with van der Waals surface area (Å²) >= 11 is 0. The number of ketones is 1. The highest BCUT2D eigenvalue weighted by atomic mass is 16.5. The Morgan fingerprint density at radius 2 is 1.43 bits per heavy atom. The van der Waals surface area contributed by atoms with Crippen LogP contribution in [0, 0.1) is 13.8 Å². The molecule has 426 valence electrons. The number of H-pyrrole nitrogens is 2. The molecule has 0 spiro atoms. The van der Waals surface area contributed by atoms with E-state index in [4.69, 9.17) is 26.2 Å². The van der Waals surface area contributed by atoms with Gasteiger partial charge in [0.05, 0.1) is 48.8 Å². The van der Waals surface area contributed by atoms with E-state index in [0.29, 0.717) is 94.9 Å². The lowest BCUT2D eigenvalue weighted by molar-refractivity contribution is -0.141. The van der Waals surface area contributed by atoms with E-state index in [2.05, 4.69) is 65.2 Å². The Balaban J connectivity index is 1.40. The number of ether oxygens (including phenoxy) is 1. The smallest absolute Gasteiger partial charge is 0.310 e. The summed E-state index contributed by atoms with van der Waals surface area (Å²) in [6, 6.07) is 2.98. The first kappa shape index (κ1) is 58.9. The molecule has 24 nitrogen and oxygen atoms in total. The zero-order chi connectivity index (χ0) is 57.2. The number of carbonyl (C=O) groups excluding carboxylic acids is 7. The van der Waals surface area contributed by atoms with E-state index in [1.165, 1.54) is 14.0 Å². The molecular formula is C55H76N14O10. The minimum absolute atomic E-state index is 0.00672. The number of carboxylic acids is 1. The number of aliphatic imine (C=N–C) groups is 1. The number of piperazine rings is 1. The molecule has 10 bridgehead atoms. The van der Waals surface area contributed by atoms with E-state index < -0.39 is 78.4 Å². The van der Waals surface area contributed by atoms with Gasteiger partial charge in [-0.15, -0.1) is 0 Å². The summed E-state index contributed by atoms with van der Waals surface area (Å²) in [6.45, 7) is 15.3. The third kappa shape index (κ3) is 14.3. The number of methoxy groups -OCH3 is 1. The molecule has 3 aromatic rings. The van der Waals surface area contributed by atoms with Crippen molar-refractivity contribution >= 4 is 75.3 Å². The molecule has 0 aromatic carbocycles. The van der Waals surface area contributed by atoms with Crippen LogP contribution in [-0.2, 0) is 39.9 Å². The Morgan fingerprint density at radius 1 is 0.785 bits per heavy atom. The summed E-state index contributed by atoms with van der Waals surface area (Å²) in [4.78, 5) is 135. The molecule has 0 aliphatic carbocycles. The van der Waals surface area contributed by atoms with Crippen LogP contribution in [0.3, 0.4) is 0 Å². The van der Waals surface area contributed by atoms with Crippen LogP contribution in [0.1, 0.15) is 150 Å². The maximum atomic E-state index is 14.9. The Kier molecular flexibility index (Phi) is 19.6. The fourth-order valence-corrected chi connectivity index (χ4v) is 11.2. The number of carbonyl (C=O) groups is 8. The first-order valence-electron chi connectivity index (χ1n) is 27.2. The number of carboxylic acid groups (broad SMARTS) is 1. The van der Waals surface area contributed by atoms with Gasteiger partial charge in [0, 0.05) is 122 Å². The fraction of sp³-hybridized carbons (Fsp3) is 0.545. The number of aromatic nitrogens is 4. The maximum Gasteiger partial charge on any atom is 0.310 e. The fourth-order valence-electron chi connectivity index (χ4n) is 11.2. The van der Waals surface area contributed by atoms with Crippen molar-refractivity contribution in [2.75, 3.05) is 72.6 Å². The number of amides is 5. The number of hydrogen-bond donors (Lipinski definition) is 10. The molecule has 8 heterocycles. The standard InChI is InChI=1S/C55H76N14O10/c1-8-33-28(2)37-25-42-48(32(6)70)30(4)39(63-42)23-38-29(3)34-21-44(71)64-36(11-9-12-60-55(56)57)52(76)61-27-45(72)65-43(26-46(73)74)53(77)58-13-10-15-68-17-19-69(20-18-68)16-14-59-54(78)49-31(5)40(24-41(33)62-37)67-51(49)35(50(34)66-38)22-47(75)79-7/h23-25,28-29,33-34,36,43,63,67H,8-22,26-27H2,1-7H3,(H,58,77)(H,59,78)(H,61,76)(H,64,71)(H,65,72)(H,73,74)(H4,56,57,60). The minimum Gasteiger partial charge on any atom is -0.481 e. The van der Waals surface area contributed by atoms with E-state index in [1.807, 2.05) is 39.0 Å². The monoisotopic (exact) mass is 1090 g/mol. The number of esters is 1. The number of aromatic amines is 2. The van der Waals surface area contributed by atoms with Gasteiger partial charge in [-0.3, -0.25) is 58.2 Å². The van der Waals surface area contributed by atoms with Crippen LogP contribution in [0.4, 0.5) is 0 Å². The van der Waals surface area contributed by atoms with Crippen LogP contribution in [0.15, 0.2) is 23.2 Å². The van der Waals surface area contributed by atoms with Gasteiger partial charge in [0.2, 0.25) is 23.6 Å². The molecular weight excluding hydrogens is 1020 g/mol. The second kappa shape index (κ2) is 26.3. The van der Waals surface area contributed by atoms with E-state index in [0.717, 1.165) is 30.9 Å². The SMILES string of the molecule is CCC1c2cc3[nH]c4c(CC(=O)OC)c5nc(cc6[nH]c(cc(n2)C1C)c(C(C)=O)c6C)C(C)C5CC(=O)NC(CCCN=C(N)N)C(=O)NCC(=O)NC(CC(=O)O)C(=O)NCCCN1CCN(CCNC(=O)c4c3C)CC1. The molecule has 12 N–H and O–H groups in total. The molecule has 1 fully saturated rings. The number of fused-ring (bicyclic) bond motifs is 25.